The van der Waals surface area contributed by atoms with Crippen LogP contribution < -0.4 is 5.32 Å². The highest BCUT2D eigenvalue weighted by molar-refractivity contribution is 7.99. The van der Waals surface area contributed by atoms with Gasteiger partial charge in [-0.1, -0.05) is 0 Å². The van der Waals surface area contributed by atoms with Crippen LogP contribution >= 0.6 is 11.8 Å². The fourth-order valence-corrected chi connectivity index (χ4v) is 4.78. The number of amides is 2. The minimum absolute atomic E-state index is 0.107. The lowest BCUT2D eigenvalue weighted by Crippen LogP contribution is -2.47. The van der Waals surface area contributed by atoms with Gasteiger partial charge in [0.1, 0.15) is 0 Å². The minimum atomic E-state index is 0.107. The van der Waals surface area contributed by atoms with Crippen LogP contribution in [0, 0.1) is 5.92 Å². The van der Waals surface area contributed by atoms with Gasteiger partial charge in [-0.15, -0.1) is 0 Å². The van der Waals surface area contributed by atoms with Gasteiger partial charge in [-0.05, 0) is 55.9 Å². The Kier molecular flexibility index (Phi) is 6.90. The van der Waals surface area contributed by atoms with Crippen molar-refractivity contribution in [3.63, 3.8) is 0 Å². The summed E-state index contributed by atoms with van der Waals surface area (Å²) >= 11 is 2.00. The number of piperidine rings is 1. The monoisotopic (exact) mass is 342 g/mol. The zero-order valence-electron chi connectivity index (χ0n) is 14.0. The summed E-state index contributed by atoms with van der Waals surface area (Å²) in [6.07, 6.45) is 7.27. The molecule has 0 aliphatic carbocycles. The predicted octanol–water partition coefficient (Wildman–Crippen LogP) is 2.50. The van der Waals surface area contributed by atoms with Crippen molar-refractivity contribution in [2.75, 3.05) is 44.4 Å². The van der Waals surface area contributed by atoms with Crippen molar-refractivity contribution < 1.29 is 14.3 Å². The van der Waals surface area contributed by atoms with Crippen LogP contribution in [-0.4, -0.2) is 67.5 Å². The zero-order chi connectivity index (χ0) is 15.9. The Morgan fingerprint density at radius 1 is 1.22 bits per heavy atom. The van der Waals surface area contributed by atoms with E-state index in [1.54, 1.807) is 0 Å². The topological polar surface area (TPSA) is 50.8 Å². The summed E-state index contributed by atoms with van der Waals surface area (Å²) in [7, 11) is 0. The quantitative estimate of drug-likeness (QED) is 0.834. The molecule has 3 fully saturated rings. The summed E-state index contributed by atoms with van der Waals surface area (Å²) in [5.74, 6) is 3.10. The van der Waals surface area contributed by atoms with E-state index in [9.17, 15) is 4.79 Å². The molecule has 0 bridgehead atoms. The third kappa shape index (κ3) is 5.54. The van der Waals surface area contributed by atoms with E-state index < -0.39 is 0 Å². The average molecular weight is 343 g/mol. The van der Waals surface area contributed by atoms with Gasteiger partial charge in [-0.25, -0.2) is 4.79 Å². The van der Waals surface area contributed by atoms with Gasteiger partial charge in [-0.3, -0.25) is 0 Å². The number of likely N-dealkylation sites (tertiary alicyclic amines) is 1. The molecule has 3 aliphatic rings. The van der Waals surface area contributed by atoms with E-state index in [-0.39, 0.29) is 18.2 Å². The van der Waals surface area contributed by atoms with Gasteiger partial charge in [0.25, 0.3) is 0 Å². The summed E-state index contributed by atoms with van der Waals surface area (Å²) in [5.41, 5.74) is 0. The van der Waals surface area contributed by atoms with Gasteiger partial charge in [-0.2, -0.15) is 11.8 Å². The van der Waals surface area contributed by atoms with E-state index in [1.807, 2.05) is 16.7 Å². The first-order valence-electron chi connectivity index (χ1n) is 9.15. The van der Waals surface area contributed by atoms with Crippen molar-refractivity contribution in [2.24, 2.45) is 5.92 Å². The normalized spacial score (nSPS) is 29.7. The Bertz CT molecular complexity index is 363. The first kappa shape index (κ1) is 17.4. The third-order valence-electron chi connectivity index (χ3n) is 5.09. The summed E-state index contributed by atoms with van der Waals surface area (Å²) < 4.78 is 11.7. The molecule has 3 rings (SSSR count). The lowest BCUT2D eigenvalue weighted by atomic mass is 10.1. The van der Waals surface area contributed by atoms with Crippen molar-refractivity contribution in [3.8, 4) is 0 Å². The SMILES string of the molecule is O=C(NC[C@@H]1CCSC1)N1CCC(OC[C@@H]2CCCCO2)CC1. The highest BCUT2D eigenvalue weighted by Gasteiger charge is 2.25. The molecule has 1 N–H and O–H groups in total. The van der Waals surface area contributed by atoms with E-state index in [1.165, 1.54) is 30.8 Å². The van der Waals surface area contributed by atoms with Gasteiger partial charge in [0.15, 0.2) is 0 Å². The number of hydrogen-bond donors (Lipinski definition) is 1. The first-order chi connectivity index (χ1) is 11.3. The van der Waals surface area contributed by atoms with Gasteiger partial charge in [0, 0.05) is 26.2 Å². The predicted molar refractivity (Wildman–Crippen MR) is 93.0 cm³/mol. The van der Waals surface area contributed by atoms with Crippen molar-refractivity contribution in [2.45, 2.75) is 50.7 Å². The molecule has 5 nitrogen and oxygen atoms in total. The molecular weight excluding hydrogens is 312 g/mol. The third-order valence-corrected chi connectivity index (χ3v) is 6.32. The second kappa shape index (κ2) is 9.14. The summed E-state index contributed by atoms with van der Waals surface area (Å²) in [6.45, 7) is 4.05. The minimum Gasteiger partial charge on any atom is -0.376 e. The standard InChI is InChI=1S/C17H30N2O3S/c20-17(18-11-14-6-10-23-13-14)19-7-4-15(5-8-19)22-12-16-3-1-2-9-21-16/h14-16H,1-13H2,(H,18,20)/t14-,16-/m0/s1. The molecule has 2 amide bonds. The van der Waals surface area contributed by atoms with Crippen LogP contribution in [-0.2, 0) is 9.47 Å². The van der Waals surface area contributed by atoms with E-state index >= 15 is 0 Å². The zero-order valence-corrected chi connectivity index (χ0v) is 14.8. The molecule has 2 atom stereocenters. The number of hydrogen-bond acceptors (Lipinski definition) is 4. The van der Waals surface area contributed by atoms with Gasteiger partial charge < -0.3 is 19.7 Å². The van der Waals surface area contributed by atoms with Crippen molar-refractivity contribution in [1.82, 2.24) is 10.2 Å². The number of carbonyl (C=O) groups is 1. The molecule has 3 saturated heterocycles. The van der Waals surface area contributed by atoms with Crippen LogP contribution in [0.3, 0.4) is 0 Å². The largest absolute Gasteiger partial charge is 0.376 e. The second-order valence-corrected chi connectivity index (χ2v) is 8.07. The lowest BCUT2D eigenvalue weighted by Gasteiger charge is -2.33. The summed E-state index contributed by atoms with van der Waals surface area (Å²) in [4.78, 5) is 14.2. The highest BCUT2D eigenvalue weighted by Crippen LogP contribution is 2.23. The molecule has 3 heterocycles. The van der Waals surface area contributed by atoms with Gasteiger partial charge in [0.05, 0.1) is 18.8 Å². The molecule has 132 valence electrons. The molecule has 0 saturated carbocycles. The van der Waals surface area contributed by atoms with Crippen LogP contribution in [0.2, 0.25) is 0 Å². The number of rotatable bonds is 5. The number of ether oxygens (including phenoxy) is 2. The van der Waals surface area contributed by atoms with Crippen molar-refractivity contribution >= 4 is 17.8 Å². The molecule has 6 heteroatoms. The van der Waals surface area contributed by atoms with Gasteiger partial charge >= 0.3 is 6.03 Å². The fraction of sp³-hybridized carbons (Fsp3) is 0.941. The Hall–Kier alpha value is -0.460. The number of thioether (sulfide) groups is 1. The molecule has 0 spiro atoms. The maximum atomic E-state index is 12.2. The Morgan fingerprint density at radius 2 is 2.09 bits per heavy atom. The molecule has 23 heavy (non-hydrogen) atoms. The summed E-state index contributed by atoms with van der Waals surface area (Å²) in [6, 6.07) is 0.107. The van der Waals surface area contributed by atoms with Crippen LogP contribution in [0.5, 0.6) is 0 Å². The van der Waals surface area contributed by atoms with Crippen LogP contribution in [0.4, 0.5) is 4.79 Å². The fourth-order valence-electron chi connectivity index (χ4n) is 3.50. The van der Waals surface area contributed by atoms with E-state index in [2.05, 4.69) is 5.32 Å². The number of nitrogens with zero attached hydrogens (tertiary/aromatic N) is 1. The molecule has 3 aliphatic heterocycles. The molecule has 0 unspecified atom stereocenters. The molecular formula is C17H30N2O3S. The highest BCUT2D eigenvalue weighted by atomic mass is 32.2. The van der Waals surface area contributed by atoms with E-state index in [4.69, 9.17) is 9.47 Å². The van der Waals surface area contributed by atoms with Crippen molar-refractivity contribution in [1.29, 1.82) is 0 Å². The lowest BCUT2D eigenvalue weighted by molar-refractivity contribution is -0.0728. The molecule has 0 aromatic carbocycles. The van der Waals surface area contributed by atoms with Crippen LogP contribution in [0.1, 0.15) is 38.5 Å². The second-order valence-electron chi connectivity index (χ2n) is 6.92. The number of urea groups is 1. The van der Waals surface area contributed by atoms with Crippen molar-refractivity contribution in [3.05, 3.63) is 0 Å². The number of carbonyl (C=O) groups excluding carboxylic acids is 1. The molecule has 0 aromatic rings. The summed E-state index contributed by atoms with van der Waals surface area (Å²) in [5, 5.41) is 3.11. The van der Waals surface area contributed by atoms with Crippen LogP contribution in [0.25, 0.3) is 0 Å². The molecule has 0 aromatic heterocycles. The molecule has 0 radical (unpaired) electrons. The van der Waals surface area contributed by atoms with E-state index in [0.717, 1.165) is 52.1 Å². The van der Waals surface area contributed by atoms with E-state index in [0.29, 0.717) is 5.92 Å². The first-order valence-corrected chi connectivity index (χ1v) is 10.3. The Morgan fingerprint density at radius 3 is 2.78 bits per heavy atom. The Balaban J connectivity index is 1.29. The van der Waals surface area contributed by atoms with Gasteiger partial charge in [0.2, 0.25) is 0 Å². The van der Waals surface area contributed by atoms with Crippen LogP contribution in [0.15, 0.2) is 0 Å². The maximum Gasteiger partial charge on any atom is 0.317 e. The number of nitrogens with one attached hydrogen (secondary N) is 1. The Labute approximate surface area is 143 Å². The average Bonchev–Trinajstić information content (AvgIpc) is 3.13. The maximum absolute atomic E-state index is 12.2. The smallest absolute Gasteiger partial charge is 0.317 e.